The lowest BCUT2D eigenvalue weighted by Gasteiger charge is -2.50. The Labute approximate surface area is 183 Å². The van der Waals surface area contributed by atoms with Gasteiger partial charge >= 0.3 is 12.1 Å². The Bertz CT molecular complexity index is 715. The zero-order valence-electron chi connectivity index (χ0n) is 18.7. The van der Waals surface area contributed by atoms with Crippen LogP contribution in [0.5, 0.6) is 0 Å². The summed E-state index contributed by atoms with van der Waals surface area (Å²) in [7, 11) is 1.66. The average Bonchev–Trinajstić information content (AvgIpc) is 2.95. The maximum atomic E-state index is 13.1. The molecule has 8 nitrogen and oxygen atoms in total. The molecule has 2 aliphatic carbocycles. The predicted molar refractivity (Wildman–Crippen MR) is 111 cm³/mol. The van der Waals surface area contributed by atoms with Gasteiger partial charge in [0.15, 0.2) is 0 Å². The molecule has 4 rings (SSSR count). The molecule has 3 fully saturated rings. The molecule has 31 heavy (non-hydrogen) atoms. The average molecular weight is 438 g/mol. The van der Waals surface area contributed by atoms with Crippen LogP contribution < -0.4 is 0 Å². The number of ether oxygens (including phenoxy) is 4. The van der Waals surface area contributed by atoms with E-state index in [4.69, 9.17) is 18.9 Å². The first-order valence-corrected chi connectivity index (χ1v) is 11.7. The number of nitrogens with zero attached hydrogens (tertiary/aromatic N) is 1. The number of rotatable bonds is 6. The molecule has 2 aliphatic heterocycles. The Morgan fingerprint density at radius 3 is 2.45 bits per heavy atom. The maximum Gasteiger partial charge on any atom is 0.511 e. The first-order valence-electron chi connectivity index (χ1n) is 11.7. The minimum Gasteiger partial charge on any atom is -0.431 e. The fourth-order valence-electron chi connectivity index (χ4n) is 5.86. The van der Waals surface area contributed by atoms with E-state index in [0.29, 0.717) is 12.2 Å². The Kier molecular flexibility index (Phi) is 6.77. The summed E-state index contributed by atoms with van der Waals surface area (Å²) in [4.78, 5) is 27.3. The van der Waals surface area contributed by atoms with E-state index in [1.54, 1.807) is 7.11 Å². The van der Waals surface area contributed by atoms with Gasteiger partial charge in [-0.05, 0) is 57.4 Å². The molecule has 0 radical (unpaired) electrons. The maximum absolute atomic E-state index is 13.1. The van der Waals surface area contributed by atoms with Crippen LogP contribution in [0.4, 0.5) is 4.79 Å². The third kappa shape index (κ3) is 4.42. The summed E-state index contributed by atoms with van der Waals surface area (Å²) < 4.78 is 21.8. The Hall–Kier alpha value is -1.80. The van der Waals surface area contributed by atoms with Crippen molar-refractivity contribution < 1.29 is 33.6 Å². The van der Waals surface area contributed by atoms with E-state index in [2.05, 4.69) is 0 Å². The highest BCUT2D eigenvalue weighted by atomic mass is 16.8. The van der Waals surface area contributed by atoms with Crippen LogP contribution in [0.3, 0.4) is 0 Å². The van der Waals surface area contributed by atoms with Crippen molar-refractivity contribution in [2.24, 2.45) is 11.8 Å². The van der Waals surface area contributed by atoms with Gasteiger partial charge in [0.2, 0.25) is 6.29 Å². The number of fused-ring (bicyclic) bond motifs is 3. The number of hydrogen-bond donors (Lipinski definition) is 1. The molecule has 0 aromatic carbocycles. The molecule has 2 heterocycles. The number of carbonyl (C=O) groups excluding carboxylic acids is 2. The van der Waals surface area contributed by atoms with Crippen LogP contribution in [0.1, 0.15) is 65.2 Å². The van der Waals surface area contributed by atoms with Crippen molar-refractivity contribution in [3.63, 3.8) is 0 Å². The largest absolute Gasteiger partial charge is 0.511 e. The first kappa shape index (κ1) is 22.4. The number of carbonyl (C=O) groups is 2. The molecule has 2 saturated carbocycles. The van der Waals surface area contributed by atoms with Crippen LogP contribution in [0.25, 0.3) is 0 Å². The van der Waals surface area contributed by atoms with Crippen molar-refractivity contribution in [3.8, 4) is 0 Å². The summed E-state index contributed by atoms with van der Waals surface area (Å²) in [5.74, 6) is -0.199. The highest BCUT2D eigenvalue weighted by Gasteiger charge is 2.57. The van der Waals surface area contributed by atoms with Gasteiger partial charge in [0.1, 0.15) is 11.8 Å². The lowest BCUT2D eigenvalue weighted by Crippen LogP contribution is -2.59. The van der Waals surface area contributed by atoms with Crippen molar-refractivity contribution in [2.75, 3.05) is 13.7 Å². The second-order valence-corrected chi connectivity index (χ2v) is 9.33. The summed E-state index contributed by atoms with van der Waals surface area (Å²) in [5, 5.41) is 10.2. The molecule has 1 saturated heterocycles. The molecule has 6 atom stereocenters. The Balaban J connectivity index is 1.41. The molecule has 174 valence electrons. The van der Waals surface area contributed by atoms with Crippen molar-refractivity contribution >= 4 is 12.1 Å². The lowest BCUT2D eigenvalue weighted by molar-refractivity contribution is -0.168. The van der Waals surface area contributed by atoms with Crippen molar-refractivity contribution in [1.29, 1.82) is 0 Å². The van der Waals surface area contributed by atoms with Crippen LogP contribution in [0.15, 0.2) is 11.3 Å². The second kappa shape index (κ2) is 9.36. The van der Waals surface area contributed by atoms with E-state index in [0.717, 1.165) is 56.9 Å². The van der Waals surface area contributed by atoms with Gasteiger partial charge in [-0.25, -0.2) is 9.59 Å². The molecule has 4 aliphatic rings. The van der Waals surface area contributed by atoms with Crippen LogP contribution in [0.2, 0.25) is 0 Å². The molecule has 1 N–H and O–H groups in total. The summed E-state index contributed by atoms with van der Waals surface area (Å²) in [6, 6.07) is 0.1000. The molecule has 0 spiro atoms. The normalized spacial score (nSPS) is 32.5. The third-order valence-electron chi connectivity index (χ3n) is 7.35. The highest BCUT2D eigenvalue weighted by molar-refractivity contribution is 5.90. The van der Waals surface area contributed by atoms with E-state index in [1.165, 1.54) is 6.92 Å². The van der Waals surface area contributed by atoms with E-state index in [9.17, 15) is 14.7 Å². The van der Waals surface area contributed by atoms with Crippen LogP contribution in [0, 0.1) is 11.8 Å². The number of esters is 1. The van der Waals surface area contributed by atoms with Gasteiger partial charge in [-0.3, -0.25) is 0 Å². The van der Waals surface area contributed by atoms with E-state index in [-0.39, 0.29) is 30.1 Å². The lowest BCUT2D eigenvalue weighted by atomic mass is 9.72. The molecule has 0 bridgehead atoms. The Morgan fingerprint density at radius 2 is 1.77 bits per heavy atom. The van der Waals surface area contributed by atoms with E-state index in [1.807, 2.05) is 11.8 Å². The van der Waals surface area contributed by atoms with Crippen LogP contribution in [-0.2, 0) is 23.7 Å². The predicted octanol–water partition coefficient (Wildman–Crippen LogP) is 3.13. The van der Waals surface area contributed by atoms with Crippen LogP contribution >= 0.6 is 0 Å². The topological polar surface area (TPSA) is 94.5 Å². The van der Waals surface area contributed by atoms with Gasteiger partial charge < -0.3 is 29.0 Å². The van der Waals surface area contributed by atoms with Gasteiger partial charge in [0.25, 0.3) is 0 Å². The second-order valence-electron chi connectivity index (χ2n) is 9.33. The minimum absolute atomic E-state index is 0.1000. The number of aliphatic hydroxyl groups is 1. The monoisotopic (exact) mass is 437 g/mol. The van der Waals surface area contributed by atoms with Gasteiger partial charge in [0.05, 0.1) is 12.2 Å². The zero-order valence-corrected chi connectivity index (χ0v) is 18.7. The summed E-state index contributed by atoms with van der Waals surface area (Å²) in [6.45, 7) is 3.95. The van der Waals surface area contributed by atoms with Gasteiger partial charge in [-0.2, -0.15) is 0 Å². The van der Waals surface area contributed by atoms with Crippen molar-refractivity contribution in [3.05, 3.63) is 11.3 Å². The van der Waals surface area contributed by atoms with Crippen LogP contribution in [-0.4, -0.2) is 66.4 Å². The number of methoxy groups -OCH3 is 1. The van der Waals surface area contributed by atoms with Crippen molar-refractivity contribution in [2.45, 2.75) is 95.9 Å². The Morgan fingerprint density at radius 1 is 1.03 bits per heavy atom. The third-order valence-corrected chi connectivity index (χ3v) is 7.35. The molecule has 8 heteroatoms. The SMILES string of the molecule is CO[C@H]1CCC[C@H]2C1=C(C(=O)O[C@H](C)OC(=O)OC1CCCCC1)N1C[C@H]([C@@H](C)O)[C@@H]21. The minimum atomic E-state index is -1.05. The van der Waals surface area contributed by atoms with Gasteiger partial charge in [0, 0.05) is 38.5 Å². The summed E-state index contributed by atoms with van der Waals surface area (Å²) in [6.07, 6.45) is 5.28. The molecular weight excluding hydrogens is 402 g/mol. The summed E-state index contributed by atoms with van der Waals surface area (Å²) in [5.41, 5.74) is 1.50. The fraction of sp³-hybridized carbons (Fsp3) is 0.826. The zero-order chi connectivity index (χ0) is 22.1. The first-order chi connectivity index (χ1) is 14.9. The molecule has 0 aromatic rings. The smallest absolute Gasteiger partial charge is 0.431 e. The molecule has 0 aromatic heterocycles. The number of hydrogen-bond acceptors (Lipinski definition) is 8. The molecular formula is C23H35NO7. The fourth-order valence-corrected chi connectivity index (χ4v) is 5.86. The molecule has 0 unspecified atom stereocenters. The summed E-state index contributed by atoms with van der Waals surface area (Å²) >= 11 is 0. The van der Waals surface area contributed by atoms with E-state index >= 15 is 0 Å². The number of aliphatic hydroxyl groups excluding tert-OH is 1. The van der Waals surface area contributed by atoms with Crippen molar-refractivity contribution in [1.82, 2.24) is 4.90 Å². The molecule has 0 amide bonds. The van der Waals surface area contributed by atoms with Gasteiger partial charge in [-0.15, -0.1) is 0 Å². The quantitative estimate of drug-likeness (QED) is 0.500. The van der Waals surface area contributed by atoms with Gasteiger partial charge in [-0.1, -0.05) is 6.42 Å². The highest BCUT2D eigenvalue weighted by Crippen LogP contribution is 2.52. The standard InChI is InChI=1S/C23H35NO7/c1-13(25)17-12-24-20(17)16-10-7-11-18(28-3)19(16)21(24)22(26)29-14(2)30-23(27)31-15-8-5-4-6-9-15/h13-18,20,25H,4-12H2,1-3H3/t13-,14+,16+,17-,18+,20-/m1/s1. The van der Waals surface area contributed by atoms with E-state index < -0.39 is 24.5 Å².